The number of ether oxygens (including phenoxy) is 1. The molecule has 0 bridgehead atoms. The van der Waals surface area contributed by atoms with Gasteiger partial charge in [0, 0.05) is 25.6 Å². The Balaban J connectivity index is 2.31. The quantitative estimate of drug-likeness (QED) is 0.586. The number of morpholine rings is 1. The van der Waals surface area contributed by atoms with Gasteiger partial charge in [0.25, 0.3) is 0 Å². The van der Waals surface area contributed by atoms with Crippen LogP contribution in [-0.2, 0) is 9.53 Å². The van der Waals surface area contributed by atoms with Gasteiger partial charge in [0.1, 0.15) is 0 Å². The van der Waals surface area contributed by atoms with E-state index in [2.05, 4.69) is 12.0 Å². The summed E-state index contributed by atoms with van der Waals surface area (Å²) in [6.07, 6.45) is 1.44. The molecule has 0 unspecified atom stereocenters. The van der Waals surface area contributed by atoms with Gasteiger partial charge in [0.05, 0.1) is 13.2 Å². The lowest BCUT2D eigenvalue weighted by Gasteiger charge is -2.22. The largest absolute Gasteiger partial charge is 0.378 e. The number of carbonyl (C=O) groups excluding carboxylic acids is 1. The highest BCUT2D eigenvalue weighted by Crippen LogP contribution is 1.94. The smallest absolute Gasteiger partial charge is 0.207 e. The molecule has 0 N–H and O–H groups in total. The number of rotatable bonds is 2. The maximum atomic E-state index is 11.1. The first-order valence-electron chi connectivity index (χ1n) is 4.70. The molecular weight excluding hydrogens is 166 g/mol. The summed E-state index contributed by atoms with van der Waals surface area (Å²) >= 11 is 0. The highest BCUT2D eigenvalue weighted by molar-refractivity contribution is 5.95. The number of carbonyl (C=O) groups is 1. The van der Waals surface area contributed by atoms with Crippen LogP contribution in [0.25, 0.3) is 0 Å². The monoisotopic (exact) mass is 181 g/mol. The molecule has 0 aliphatic carbocycles. The highest BCUT2D eigenvalue weighted by atomic mass is 16.5. The molecule has 1 aliphatic rings. The van der Waals surface area contributed by atoms with Crippen molar-refractivity contribution in [2.75, 3.05) is 26.3 Å². The summed E-state index contributed by atoms with van der Waals surface area (Å²) in [5, 5.41) is 0. The average Bonchev–Trinajstić information content (AvgIpc) is 2.17. The maximum Gasteiger partial charge on any atom is 0.207 e. The van der Waals surface area contributed by atoms with Gasteiger partial charge in [0.2, 0.25) is 5.78 Å². The van der Waals surface area contributed by atoms with Crippen LogP contribution in [-0.4, -0.2) is 37.0 Å². The molecule has 0 spiro atoms. The molecule has 0 radical (unpaired) electrons. The Morgan fingerprint density at radius 1 is 1.46 bits per heavy atom. The summed E-state index contributed by atoms with van der Waals surface area (Å²) in [5.41, 5.74) is 0. The van der Waals surface area contributed by atoms with Crippen LogP contribution >= 0.6 is 0 Å². The van der Waals surface area contributed by atoms with E-state index < -0.39 is 0 Å². The molecule has 1 heterocycles. The second-order valence-corrected chi connectivity index (χ2v) is 3.01. The van der Waals surface area contributed by atoms with E-state index in [-0.39, 0.29) is 5.78 Å². The van der Waals surface area contributed by atoms with Crippen LogP contribution in [0.15, 0.2) is 0 Å². The first-order chi connectivity index (χ1) is 6.33. The fourth-order valence-electron chi connectivity index (χ4n) is 1.11. The molecule has 0 atom stereocenters. The Labute approximate surface area is 79.1 Å². The van der Waals surface area contributed by atoms with Crippen molar-refractivity contribution in [1.82, 2.24) is 4.90 Å². The Bertz CT molecular complexity index is 221. The van der Waals surface area contributed by atoms with Gasteiger partial charge in [0.15, 0.2) is 0 Å². The Hall–Kier alpha value is -1.01. The van der Waals surface area contributed by atoms with E-state index in [0.29, 0.717) is 6.42 Å². The van der Waals surface area contributed by atoms with Crippen molar-refractivity contribution in [2.45, 2.75) is 19.8 Å². The normalized spacial score (nSPS) is 16.2. The predicted molar refractivity (Wildman–Crippen MR) is 50.1 cm³/mol. The third kappa shape index (κ3) is 3.95. The van der Waals surface area contributed by atoms with E-state index in [1.54, 1.807) is 0 Å². The van der Waals surface area contributed by atoms with Crippen molar-refractivity contribution < 1.29 is 9.53 Å². The minimum atomic E-state index is 0.0361. The number of Topliss-reactive ketones (excluding diaryl/α,β-unsaturated/α-hetero) is 1. The number of ketones is 1. The molecule has 0 amide bonds. The minimum Gasteiger partial charge on any atom is -0.378 e. The second kappa shape index (κ2) is 5.60. The molecule has 1 rings (SSSR count). The molecule has 0 aromatic rings. The lowest BCUT2D eigenvalue weighted by molar-refractivity contribution is -0.113. The Morgan fingerprint density at radius 3 is 2.77 bits per heavy atom. The van der Waals surface area contributed by atoms with Gasteiger partial charge < -0.3 is 9.64 Å². The zero-order valence-electron chi connectivity index (χ0n) is 8.01. The van der Waals surface area contributed by atoms with Crippen molar-refractivity contribution in [3.8, 4) is 12.0 Å². The third-order valence-electron chi connectivity index (χ3n) is 1.84. The van der Waals surface area contributed by atoms with Crippen LogP contribution in [0.4, 0.5) is 0 Å². The molecule has 3 heteroatoms. The highest BCUT2D eigenvalue weighted by Gasteiger charge is 2.05. The number of nitrogens with zero attached hydrogens (tertiary/aromatic N) is 1. The van der Waals surface area contributed by atoms with Crippen molar-refractivity contribution in [3.63, 3.8) is 0 Å². The molecule has 1 aliphatic heterocycles. The topological polar surface area (TPSA) is 29.5 Å². The molecule has 1 saturated heterocycles. The van der Waals surface area contributed by atoms with Gasteiger partial charge in [-0.25, -0.2) is 0 Å². The van der Waals surface area contributed by atoms with Gasteiger partial charge in [-0.2, -0.15) is 0 Å². The summed E-state index contributed by atoms with van der Waals surface area (Å²) < 4.78 is 5.16. The molecule has 72 valence electrons. The summed E-state index contributed by atoms with van der Waals surface area (Å²) in [6, 6.07) is 2.86. The van der Waals surface area contributed by atoms with E-state index >= 15 is 0 Å². The van der Waals surface area contributed by atoms with Crippen LogP contribution < -0.4 is 0 Å². The molecule has 0 aromatic heterocycles. The standard InChI is InChI=1S/C10H15NO2/c1-2-3-10(12)4-5-11-6-8-13-9-7-11/h2-3,6-9H2,1H3. The average molecular weight is 181 g/mol. The zero-order chi connectivity index (χ0) is 9.52. The summed E-state index contributed by atoms with van der Waals surface area (Å²) in [6.45, 7) is 5.04. The first-order valence-corrected chi connectivity index (χ1v) is 4.70. The number of hydrogen-bond acceptors (Lipinski definition) is 3. The minimum absolute atomic E-state index is 0.0361. The summed E-state index contributed by atoms with van der Waals surface area (Å²) in [7, 11) is 0. The predicted octanol–water partition coefficient (Wildman–Crippen LogP) is 0.649. The van der Waals surface area contributed by atoms with Crippen molar-refractivity contribution in [1.29, 1.82) is 0 Å². The maximum absolute atomic E-state index is 11.1. The third-order valence-corrected chi connectivity index (χ3v) is 1.84. The van der Waals surface area contributed by atoms with Gasteiger partial charge in [-0.3, -0.25) is 4.79 Å². The summed E-state index contributed by atoms with van der Waals surface area (Å²) in [4.78, 5) is 13.0. The second-order valence-electron chi connectivity index (χ2n) is 3.01. The molecule has 3 nitrogen and oxygen atoms in total. The molecule has 1 fully saturated rings. The van der Waals surface area contributed by atoms with Crippen molar-refractivity contribution >= 4 is 5.78 Å². The molecule has 0 aromatic carbocycles. The van der Waals surface area contributed by atoms with E-state index in [9.17, 15) is 4.79 Å². The van der Waals surface area contributed by atoms with E-state index in [1.165, 1.54) is 0 Å². The van der Waals surface area contributed by atoms with Gasteiger partial charge in [-0.05, 0) is 12.3 Å². The van der Waals surface area contributed by atoms with E-state index in [1.807, 2.05) is 11.8 Å². The first kappa shape index (κ1) is 10.1. The molecule has 13 heavy (non-hydrogen) atoms. The van der Waals surface area contributed by atoms with Crippen molar-refractivity contribution in [3.05, 3.63) is 0 Å². The van der Waals surface area contributed by atoms with Crippen LogP contribution in [0, 0.1) is 12.0 Å². The van der Waals surface area contributed by atoms with Crippen molar-refractivity contribution in [2.24, 2.45) is 0 Å². The van der Waals surface area contributed by atoms with Crippen LogP contribution in [0.5, 0.6) is 0 Å². The fourth-order valence-corrected chi connectivity index (χ4v) is 1.11. The Morgan fingerprint density at radius 2 is 2.15 bits per heavy atom. The molecular formula is C10H15NO2. The molecule has 0 saturated carbocycles. The van der Waals surface area contributed by atoms with Gasteiger partial charge in [-0.1, -0.05) is 6.92 Å². The lowest BCUT2D eigenvalue weighted by atomic mass is 10.2. The van der Waals surface area contributed by atoms with Crippen LogP contribution in [0.1, 0.15) is 19.8 Å². The SMILES string of the molecule is CCCC(=O)C#CN1CCOCC1. The van der Waals surface area contributed by atoms with Crippen LogP contribution in [0.2, 0.25) is 0 Å². The summed E-state index contributed by atoms with van der Waals surface area (Å²) in [5.74, 6) is 2.67. The number of hydrogen-bond donors (Lipinski definition) is 0. The van der Waals surface area contributed by atoms with Gasteiger partial charge in [-0.15, -0.1) is 0 Å². The van der Waals surface area contributed by atoms with Crippen LogP contribution in [0.3, 0.4) is 0 Å². The van der Waals surface area contributed by atoms with Gasteiger partial charge >= 0.3 is 0 Å². The van der Waals surface area contributed by atoms with E-state index in [4.69, 9.17) is 4.74 Å². The fraction of sp³-hybridized carbons (Fsp3) is 0.700. The van der Waals surface area contributed by atoms with E-state index in [0.717, 1.165) is 32.7 Å². The Kier molecular flexibility index (Phi) is 4.34. The zero-order valence-corrected chi connectivity index (χ0v) is 8.01. The lowest BCUT2D eigenvalue weighted by Crippen LogP contribution is -2.32.